The van der Waals surface area contributed by atoms with Gasteiger partial charge in [0.05, 0.1) is 6.54 Å². The third kappa shape index (κ3) is 3.34. The van der Waals surface area contributed by atoms with E-state index in [1.54, 1.807) is 31.6 Å². The van der Waals surface area contributed by atoms with Crippen molar-refractivity contribution >= 4 is 5.91 Å². The SMILES string of the molecule is CC(C)c1cc(C(=O)N(C)Cc2cc(-c3cccnc3)no2)no1. The molecule has 1 amide bonds. The van der Waals surface area contributed by atoms with Crippen molar-refractivity contribution in [3.8, 4) is 11.3 Å². The van der Waals surface area contributed by atoms with Gasteiger partial charge in [0.15, 0.2) is 11.5 Å². The molecule has 0 aliphatic rings. The van der Waals surface area contributed by atoms with Crippen LogP contribution in [-0.4, -0.2) is 33.2 Å². The first-order chi connectivity index (χ1) is 11.5. The van der Waals surface area contributed by atoms with Gasteiger partial charge in [-0.1, -0.05) is 24.2 Å². The molecule has 0 radical (unpaired) electrons. The van der Waals surface area contributed by atoms with Crippen LogP contribution in [0.25, 0.3) is 11.3 Å². The van der Waals surface area contributed by atoms with Gasteiger partial charge in [-0.2, -0.15) is 0 Å². The fourth-order valence-corrected chi connectivity index (χ4v) is 2.20. The minimum atomic E-state index is -0.232. The molecule has 0 bridgehead atoms. The molecule has 3 rings (SSSR count). The summed E-state index contributed by atoms with van der Waals surface area (Å²) in [5, 5.41) is 7.84. The highest BCUT2D eigenvalue weighted by Gasteiger charge is 2.19. The fraction of sp³-hybridized carbons (Fsp3) is 0.294. The van der Waals surface area contributed by atoms with Gasteiger partial charge in [0.1, 0.15) is 11.5 Å². The van der Waals surface area contributed by atoms with Crippen LogP contribution in [0.2, 0.25) is 0 Å². The number of pyridine rings is 1. The molecule has 3 aromatic heterocycles. The predicted octanol–water partition coefficient (Wildman–Crippen LogP) is 3.12. The zero-order valence-electron chi connectivity index (χ0n) is 13.8. The first-order valence-corrected chi connectivity index (χ1v) is 7.62. The first-order valence-electron chi connectivity index (χ1n) is 7.62. The quantitative estimate of drug-likeness (QED) is 0.716. The van der Waals surface area contributed by atoms with Crippen molar-refractivity contribution < 1.29 is 13.8 Å². The summed E-state index contributed by atoms with van der Waals surface area (Å²) in [7, 11) is 1.68. The summed E-state index contributed by atoms with van der Waals surface area (Å²) >= 11 is 0. The van der Waals surface area contributed by atoms with Crippen LogP contribution in [0.4, 0.5) is 0 Å². The smallest absolute Gasteiger partial charge is 0.276 e. The zero-order chi connectivity index (χ0) is 17.1. The molecule has 0 aliphatic heterocycles. The maximum atomic E-state index is 12.4. The number of rotatable bonds is 5. The average molecular weight is 326 g/mol. The van der Waals surface area contributed by atoms with E-state index in [9.17, 15) is 4.79 Å². The second kappa shape index (κ2) is 6.66. The number of amides is 1. The summed E-state index contributed by atoms with van der Waals surface area (Å²) in [6.45, 7) is 4.25. The molecule has 0 saturated heterocycles. The topological polar surface area (TPSA) is 85.3 Å². The molecule has 0 aliphatic carbocycles. The molecular formula is C17H18N4O3. The molecule has 0 atom stereocenters. The maximum absolute atomic E-state index is 12.4. The van der Waals surface area contributed by atoms with E-state index < -0.39 is 0 Å². The molecule has 3 aromatic rings. The van der Waals surface area contributed by atoms with Crippen molar-refractivity contribution in [2.45, 2.75) is 26.3 Å². The van der Waals surface area contributed by atoms with Gasteiger partial charge in [-0.25, -0.2) is 0 Å². The molecule has 3 heterocycles. The maximum Gasteiger partial charge on any atom is 0.276 e. The van der Waals surface area contributed by atoms with Crippen molar-refractivity contribution in [3.63, 3.8) is 0 Å². The molecule has 0 N–H and O–H groups in total. The third-order valence-electron chi connectivity index (χ3n) is 3.57. The summed E-state index contributed by atoms with van der Waals surface area (Å²) in [4.78, 5) is 18.0. The number of hydrogen-bond donors (Lipinski definition) is 0. The van der Waals surface area contributed by atoms with Crippen LogP contribution in [0, 0.1) is 0 Å². The lowest BCUT2D eigenvalue weighted by Crippen LogP contribution is -2.26. The number of carbonyl (C=O) groups is 1. The first kappa shape index (κ1) is 15.9. The Morgan fingerprint density at radius 2 is 2.08 bits per heavy atom. The lowest BCUT2D eigenvalue weighted by Gasteiger charge is -2.12. The average Bonchev–Trinajstić information content (AvgIpc) is 3.24. The van der Waals surface area contributed by atoms with Crippen LogP contribution in [0.15, 0.2) is 45.7 Å². The molecule has 0 saturated carbocycles. The summed E-state index contributed by atoms with van der Waals surface area (Å²) in [6, 6.07) is 7.19. The lowest BCUT2D eigenvalue weighted by atomic mass is 10.1. The number of aromatic nitrogens is 3. The monoisotopic (exact) mass is 326 g/mol. The van der Waals surface area contributed by atoms with E-state index >= 15 is 0 Å². The summed E-state index contributed by atoms with van der Waals surface area (Å²) < 4.78 is 10.5. The van der Waals surface area contributed by atoms with Crippen LogP contribution < -0.4 is 0 Å². The van der Waals surface area contributed by atoms with Gasteiger partial charge in [0, 0.05) is 43.1 Å². The van der Waals surface area contributed by atoms with Crippen LogP contribution in [0.1, 0.15) is 41.8 Å². The Hall–Kier alpha value is -2.96. The van der Waals surface area contributed by atoms with E-state index in [0.717, 1.165) is 5.56 Å². The van der Waals surface area contributed by atoms with Gasteiger partial charge < -0.3 is 13.9 Å². The summed E-state index contributed by atoms with van der Waals surface area (Å²) in [5.41, 5.74) is 1.83. The predicted molar refractivity (Wildman–Crippen MR) is 86.1 cm³/mol. The van der Waals surface area contributed by atoms with E-state index in [0.29, 0.717) is 17.2 Å². The van der Waals surface area contributed by atoms with Gasteiger partial charge in [-0.15, -0.1) is 0 Å². The van der Waals surface area contributed by atoms with E-state index in [1.807, 2.05) is 26.0 Å². The third-order valence-corrected chi connectivity index (χ3v) is 3.57. The molecule has 7 heteroatoms. The number of hydrogen-bond acceptors (Lipinski definition) is 6. The highest BCUT2D eigenvalue weighted by molar-refractivity contribution is 5.92. The Labute approximate surface area is 139 Å². The molecule has 0 unspecified atom stereocenters. The number of carbonyl (C=O) groups excluding carboxylic acids is 1. The van der Waals surface area contributed by atoms with Gasteiger partial charge >= 0.3 is 0 Å². The van der Waals surface area contributed by atoms with Gasteiger partial charge in [-0.3, -0.25) is 9.78 Å². The Morgan fingerprint density at radius 3 is 2.75 bits per heavy atom. The Morgan fingerprint density at radius 1 is 1.25 bits per heavy atom. The largest absolute Gasteiger partial charge is 0.360 e. The Balaban J connectivity index is 1.69. The Kier molecular flexibility index (Phi) is 4.41. The molecule has 24 heavy (non-hydrogen) atoms. The van der Waals surface area contributed by atoms with Gasteiger partial charge in [-0.05, 0) is 12.1 Å². The molecule has 0 spiro atoms. The summed E-state index contributed by atoms with van der Waals surface area (Å²) in [6.07, 6.45) is 3.40. The van der Waals surface area contributed by atoms with Crippen LogP contribution in [-0.2, 0) is 6.54 Å². The van der Waals surface area contributed by atoms with E-state index in [2.05, 4.69) is 15.3 Å². The molecule has 124 valence electrons. The van der Waals surface area contributed by atoms with E-state index in [-0.39, 0.29) is 24.1 Å². The Bertz CT molecular complexity index is 823. The van der Waals surface area contributed by atoms with E-state index in [1.165, 1.54) is 4.90 Å². The minimum Gasteiger partial charge on any atom is -0.360 e. The second-order valence-electron chi connectivity index (χ2n) is 5.85. The van der Waals surface area contributed by atoms with Crippen molar-refractivity contribution in [2.75, 3.05) is 7.05 Å². The van der Waals surface area contributed by atoms with Gasteiger partial charge in [0.2, 0.25) is 0 Å². The highest BCUT2D eigenvalue weighted by atomic mass is 16.5. The lowest BCUT2D eigenvalue weighted by molar-refractivity contribution is 0.0762. The standard InChI is InChI=1S/C17H18N4O3/c1-11(2)16-8-15(20-24-16)17(22)21(3)10-13-7-14(19-23-13)12-5-4-6-18-9-12/h4-9,11H,10H2,1-3H3. The zero-order valence-corrected chi connectivity index (χ0v) is 13.8. The van der Waals surface area contributed by atoms with Crippen LogP contribution in [0.5, 0.6) is 0 Å². The van der Waals surface area contributed by atoms with Crippen LogP contribution >= 0.6 is 0 Å². The molecule has 0 fully saturated rings. The van der Waals surface area contributed by atoms with Crippen molar-refractivity contribution in [3.05, 3.63) is 53.9 Å². The van der Waals surface area contributed by atoms with Crippen LogP contribution in [0.3, 0.4) is 0 Å². The molecule has 0 aromatic carbocycles. The van der Waals surface area contributed by atoms with Crippen molar-refractivity contribution in [1.29, 1.82) is 0 Å². The molecule has 7 nitrogen and oxygen atoms in total. The minimum absolute atomic E-state index is 0.181. The van der Waals surface area contributed by atoms with Gasteiger partial charge in [0.25, 0.3) is 5.91 Å². The van der Waals surface area contributed by atoms with E-state index in [4.69, 9.17) is 9.05 Å². The second-order valence-corrected chi connectivity index (χ2v) is 5.85. The van der Waals surface area contributed by atoms with Crippen molar-refractivity contribution in [2.24, 2.45) is 0 Å². The highest BCUT2D eigenvalue weighted by Crippen LogP contribution is 2.20. The van der Waals surface area contributed by atoms with Crippen molar-refractivity contribution in [1.82, 2.24) is 20.2 Å². The summed E-state index contributed by atoms with van der Waals surface area (Å²) in [5.74, 6) is 1.22. The number of nitrogens with zero attached hydrogens (tertiary/aromatic N) is 4. The molecular weight excluding hydrogens is 308 g/mol. The fourth-order valence-electron chi connectivity index (χ4n) is 2.20. The normalized spacial score (nSPS) is 11.0.